The lowest BCUT2D eigenvalue weighted by molar-refractivity contribution is 0.0696. The smallest absolute Gasteiger partial charge is 0.337 e. The van der Waals surface area contributed by atoms with Crippen molar-refractivity contribution in [1.29, 1.82) is 0 Å². The highest BCUT2D eigenvalue weighted by Crippen LogP contribution is 2.17. The molecule has 0 amide bonds. The molecule has 5 nitrogen and oxygen atoms in total. The molecule has 0 atom stereocenters. The molecule has 1 aromatic heterocycles. The van der Waals surface area contributed by atoms with E-state index in [1.165, 1.54) is 0 Å². The molecule has 5 heteroatoms. The van der Waals surface area contributed by atoms with Crippen LogP contribution in [-0.4, -0.2) is 25.8 Å². The Labute approximate surface area is 98.7 Å². The summed E-state index contributed by atoms with van der Waals surface area (Å²) in [5.74, 6) is 0.338. The molecule has 0 aliphatic rings. The predicted molar refractivity (Wildman–Crippen MR) is 62.5 cm³/mol. The highest BCUT2D eigenvalue weighted by Gasteiger charge is 2.14. The topological polar surface area (TPSA) is 68.0 Å². The molecule has 0 spiro atoms. The van der Waals surface area contributed by atoms with E-state index in [1.54, 1.807) is 30.7 Å². The van der Waals surface area contributed by atoms with Gasteiger partial charge in [0.15, 0.2) is 0 Å². The number of hydrogen-bond acceptors (Lipinski definition) is 3. The van der Waals surface area contributed by atoms with Crippen LogP contribution in [0.2, 0.25) is 0 Å². The van der Waals surface area contributed by atoms with Crippen molar-refractivity contribution in [3.8, 4) is 5.69 Å². The number of aromatic nitrogens is 3. The number of aromatic carboxylic acids is 1. The van der Waals surface area contributed by atoms with E-state index in [4.69, 9.17) is 0 Å². The van der Waals surface area contributed by atoms with Crippen LogP contribution in [0.3, 0.4) is 0 Å². The van der Waals surface area contributed by atoms with Crippen molar-refractivity contribution < 1.29 is 9.90 Å². The standard InChI is InChI=1S/C12H13N3O2/c1-7-4-5-11(10(6-7)12(16)17)15-9(3)13-8(2)14-15/h4-6H,1-3H3,(H,16,17). The third-order valence-electron chi connectivity index (χ3n) is 2.49. The lowest BCUT2D eigenvalue weighted by Gasteiger charge is -2.07. The molecule has 88 valence electrons. The number of carbonyl (C=O) groups is 1. The van der Waals surface area contributed by atoms with Gasteiger partial charge in [0.25, 0.3) is 0 Å². The highest BCUT2D eigenvalue weighted by molar-refractivity contribution is 5.92. The second-order valence-corrected chi connectivity index (χ2v) is 3.94. The van der Waals surface area contributed by atoms with Crippen LogP contribution in [0.4, 0.5) is 0 Å². The minimum Gasteiger partial charge on any atom is -0.478 e. The average molecular weight is 231 g/mol. The lowest BCUT2D eigenvalue weighted by Crippen LogP contribution is -2.08. The van der Waals surface area contributed by atoms with Gasteiger partial charge in [-0.1, -0.05) is 11.6 Å². The van der Waals surface area contributed by atoms with Crippen molar-refractivity contribution in [3.63, 3.8) is 0 Å². The van der Waals surface area contributed by atoms with Crippen molar-refractivity contribution in [1.82, 2.24) is 14.8 Å². The Hall–Kier alpha value is -2.17. The monoisotopic (exact) mass is 231 g/mol. The maximum atomic E-state index is 11.2. The Bertz CT molecular complexity index is 587. The Morgan fingerprint density at radius 3 is 2.53 bits per heavy atom. The van der Waals surface area contributed by atoms with Gasteiger partial charge in [0.05, 0.1) is 11.3 Å². The number of carboxylic acids is 1. The Balaban J connectivity index is 2.67. The number of carboxylic acid groups (broad SMARTS) is 1. The van der Waals surface area contributed by atoms with Crippen molar-refractivity contribution in [2.45, 2.75) is 20.8 Å². The fraction of sp³-hybridized carbons (Fsp3) is 0.250. The molecule has 1 aromatic carbocycles. The van der Waals surface area contributed by atoms with E-state index in [-0.39, 0.29) is 5.56 Å². The summed E-state index contributed by atoms with van der Waals surface area (Å²) in [6.45, 7) is 5.43. The number of nitrogens with zero attached hydrogens (tertiary/aromatic N) is 3. The zero-order valence-corrected chi connectivity index (χ0v) is 9.93. The van der Waals surface area contributed by atoms with Crippen molar-refractivity contribution in [2.75, 3.05) is 0 Å². The molecular weight excluding hydrogens is 218 g/mol. The largest absolute Gasteiger partial charge is 0.478 e. The molecule has 1 N–H and O–H groups in total. The van der Waals surface area contributed by atoms with Gasteiger partial charge in [-0.25, -0.2) is 14.5 Å². The van der Waals surface area contributed by atoms with E-state index in [2.05, 4.69) is 10.1 Å². The van der Waals surface area contributed by atoms with Crippen LogP contribution >= 0.6 is 0 Å². The number of rotatable bonds is 2. The molecule has 2 aromatic rings. The summed E-state index contributed by atoms with van der Waals surface area (Å²) >= 11 is 0. The second kappa shape index (κ2) is 4.01. The highest BCUT2D eigenvalue weighted by atomic mass is 16.4. The first-order chi connectivity index (χ1) is 7.99. The maximum absolute atomic E-state index is 11.2. The minimum absolute atomic E-state index is 0.234. The van der Waals surface area contributed by atoms with Crippen LogP contribution in [0, 0.1) is 20.8 Å². The summed E-state index contributed by atoms with van der Waals surface area (Å²) in [4.78, 5) is 15.4. The summed E-state index contributed by atoms with van der Waals surface area (Å²) in [6, 6.07) is 5.24. The normalized spacial score (nSPS) is 10.5. The zero-order valence-electron chi connectivity index (χ0n) is 9.93. The maximum Gasteiger partial charge on any atom is 0.337 e. The molecule has 0 unspecified atom stereocenters. The zero-order chi connectivity index (χ0) is 12.6. The van der Waals surface area contributed by atoms with Gasteiger partial charge in [-0.2, -0.15) is 5.10 Å². The first kappa shape index (κ1) is 11.3. The molecule has 0 aliphatic carbocycles. The first-order valence-corrected chi connectivity index (χ1v) is 5.23. The summed E-state index contributed by atoms with van der Waals surface area (Å²) in [5.41, 5.74) is 1.68. The Morgan fingerprint density at radius 2 is 2.00 bits per heavy atom. The number of aryl methyl sites for hydroxylation is 3. The molecule has 0 bridgehead atoms. The molecule has 0 saturated carbocycles. The van der Waals surface area contributed by atoms with Gasteiger partial charge < -0.3 is 5.11 Å². The SMILES string of the molecule is Cc1ccc(-n2nc(C)nc2C)c(C(=O)O)c1. The fourth-order valence-corrected chi connectivity index (χ4v) is 1.76. The molecule has 0 aliphatic heterocycles. The third kappa shape index (κ3) is 2.04. The quantitative estimate of drug-likeness (QED) is 0.857. The van der Waals surface area contributed by atoms with Crippen LogP contribution < -0.4 is 0 Å². The van der Waals surface area contributed by atoms with E-state index in [1.807, 2.05) is 13.0 Å². The summed E-state index contributed by atoms with van der Waals surface area (Å²) in [5, 5.41) is 13.4. The van der Waals surface area contributed by atoms with Crippen LogP contribution in [0.5, 0.6) is 0 Å². The summed E-state index contributed by atoms with van der Waals surface area (Å²) in [6.07, 6.45) is 0. The van der Waals surface area contributed by atoms with Crippen molar-refractivity contribution in [2.24, 2.45) is 0 Å². The summed E-state index contributed by atoms with van der Waals surface area (Å²) in [7, 11) is 0. The van der Waals surface area contributed by atoms with Gasteiger partial charge >= 0.3 is 5.97 Å². The molecule has 0 saturated heterocycles. The predicted octanol–water partition coefficient (Wildman–Crippen LogP) is 1.89. The van der Waals surface area contributed by atoms with Crippen LogP contribution in [0.15, 0.2) is 18.2 Å². The molecule has 17 heavy (non-hydrogen) atoms. The lowest BCUT2D eigenvalue weighted by atomic mass is 10.1. The number of hydrogen-bond donors (Lipinski definition) is 1. The van der Waals surface area contributed by atoms with E-state index in [0.717, 1.165) is 5.56 Å². The fourth-order valence-electron chi connectivity index (χ4n) is 1.76. The number of benzene rings is 1. The first-order valence-electron chi connectivity index (χ1n) is 5.23. The van der Waals surface area contributed by atoms with E-state index in [9.17, 15) is 9.90 Å². The Morgan fingerprint density at radius 1 is 1.29 bits per heavy atom. The van der Waals surface area contributed by atoms with E-state index >= 15 is 0 Å². The van der Waals surface area contributed by atoms with E-state index in [0.29, 0.717) is 17.3 Å². The van der Waals surface area contributed by atoms with Gasteiger partial charge in [0.1, 0.15) is 11.6 Å². The van der Waals surface area contributed by atoms with Crippen LogP contribution in [0.25, 0.3) is 5.69 Å². The molecular formula is C12H13N3O2. The van der Waals surface area contributed by atoms with Crippen LogP contribution in [0.1, 0.15) is 27.6 Å². The van der Waals surface area contributed by atoms with Crippen molar-refractivity contribution >= 4 is 5.97 Å². The second-order valence-electron chi connectivity index (χ2n) is 3.94. The third-order valence-corrected chi connectivity index (χ3v) is 2.49. The van der Waals surface area contributed by atoms with Gasteiger partial charge in [-0.05, 0) is 32.9 Å². The van der Waals surface area contributed by atoms with Gasteiger partial charge in [-0.15, -0.1) is 0 Å². The van der Waals surface area contributed by atoms with Gasteiger partial charge in [0, 0.05) is 0 Å². The summed E-state index contributed by atoms with van der Waals surface area (Å²) < 4.78 is 1.55. The van der Waals surface area contributed by atoms with Gasteiger partial charge in [-0.3, -0.25) is 0 Å². The molecule has 0 fully saturated rings. The van der Waals surface area contributed by atoms with E-state index < -0.39 is 5.97 Å². The van der Waals surface area contributed by atoms with Crippen molar-refractivity contribution in [3.05, 3.63) is 41.0 Å². The molecule has 2 rings (SSSR count). The average Bonchev–Trinajstić information content (AvgIpc) is 2.57. The Kier molecular flexibility index (Phi) is 2.67. The van der Waals surface area contributed by atoms with Gasteiger partial charge in [0.2, 0.25) is 0 Å². The molecule has 1 heterocycles. The minimum atomic E-state index is -0.962. The van der Waals surface area contributed by atoms with Crippen LogP contribution in [-0.2, 0) is 0 Å². The molecule has 0 radical (unpaired) electrons.